The maximum absolute atomic E-state index is 12.2. The molecule has 3 amide bonds. The van der Waals surface area contributed by atoms with Gasteiger partial charge in [0.25, 0.3) is 0 Å². The van der Waals surface area contributed by atoms with Crippen molar-refractivity contribution in [3.63, 3.8) is 0 Å². The van der Waals surface area contributed by atoms with Crippen LogP contribution in [0.25, 0.3) is 0 Å². The number of rotatable bonds is 2. The van der Waals surface area contributed by atoms with Crippen LogP contribution >= 0.6 is 0 Å². The number of aryl methyl sites for hydroxylation is 1. The molecule has 1 aliphatic carbocycles. The van der Waals surface area contributed by atoms with E-state index in [1.54, 1.807) is 6.07 Å². The number of carbonyl (C=O) groups is 2. The molecule has 0 unspecified atom stereocenters. The van der Waals surface area contributed by atoms with Crippen LogP contribution in [0.4, 0.5) is 10.5 Å². The van der Waals surface area contributed by atoms with Gasteiger partial charge >= 0.3 is 6.03 Å². The number of benzene rings is 1. The highest BCUT2D eigenvalue weighted by atomic mass is 16.2. The molecule has 0 aliphatic heterocycles. The molecule has 2 rings (SSSR count). The zero-order valence-electron chi connectivity index (χ0n) is 11.5. The van der Waals surface area contributed by atoms with Crippen molar-refractivity contribution in [2.45, 2.75) is 45.6 Å². The van der Waals surface area contributed by atoms with Crippen LogP contribution in [-0.4, -0.2) is 18.0 Å². The molecule has 0 radical (unpaired) electrons. The second kappa shape index (κ2) is 5.87. The van der Waals surface area contributed by atoms with Gasteiger partial charge in [-0.05, 0) is 37.5 Å². The van der Waals surface area contributed by atoms with Crippen LogP contribution in [0.1, 0.15) is 38.2 Å². The van der Waals surface area contributed by atoms with Crippen LogP contribution in [0.15, 0.2) is 24.3 Å². The fourth-order valence-electron chi connectivity index (χ4n) is 2.52. The average Bonchev–Trinajstić information content (AvgIpc) is 2.81. The van der Waals surface area contributed by atoms with E-state index in [0.717, 1.165) is 31.2 Å². The minimum Gasteiger partial charge on any atom is -0.335 e. The predicted octanol–water partition coefficient (Wildman–Crippen LogP) is 3.00. The number of amides is 3. The summed E-state index contributed by atoms with van der Waals surface area (Å²) in [5.74, 6) is -0.263. The van der Waals surface area contributed by atoms with Crippen LogP contribution in [-0.2, 0) is 4.79 Å². The molecule has 4 heteroatoms. The van der Waals surface area contributed by atoms with Crippen LogP contribution in [0.5, 0.6) is 0 Å². The molecular formula is C15H20N2O2. The Bertz CT molecular complexity index is 479. The zero-order valence-corrected chi connectivity index (χ0v) is 11.5. The number of urea groups is 1. The van der Waals surface area contributed by atoms with E-state index in [0.29, 0.717) is 5.69 Å². The van der Waals surface area contributed by atoms with Gasteiger partial charge in [-0.3, -0.25) is 4.79 Å². The van der Waals surface area contributed by atoms with E-state index in [1.165, 1.54) is 11.8 Å². The third kappa shape index (κ3) is 3.34. The molecule has 102 valence electrons. The monoisotopic (exact) mass is 260 g/mol. The highest BCUT2D eigenvalue weighted by Crippen LogP contribution is 2.20. The van der Waals surface area contributed by atoms with Crippen molar-refractivity contribution >= 4 is 17.6 Å². The molecule has 1 aliphatic rings. The summed E-state index contributed by atoms with van der Waals surface area (Å²) >= 11 is 0. The predicted molar refractivity (Wildman–Crippen MR) is 75.1 cm³/mol. The fourth-order valence-corrected chi connectivity index (χ4v) is 2.52. The van der Waals surface area contributed by atoms with Crippen LogP contribution in [0.3, 0.4) is 0 Å². The number of hydrogen-bond acceptors (Lipinski definition) is 2. The SMILES string of the molecule is CC(=O)N(C(=O)NC1CCCC1)c1cccc(C)c1. The number of hydrogen-bond donors (Lipinski definition) is 1. The molecule has 1 fully saturated rings. The zero-order chi connectivity index (χ0) is 13.8. The Balaban J connectivity index is 2.15. The molecule has 1 saturated carbocycles. The summed E-state index contributed by atoms with van der Waals surface area (Å²) < 4.78 is 0. The molecule has 0 bridgehead atoms. The minimum absolute atomic E-state index is 0.208. The van der Waals surface area contributed by atoms with Crippen molar-refractivity contribution in [2.75, 3.05) is 4.90 Å². The minimum atomic E-state index is -0.315. The van der Waals surface area contributed by atoms with E-state index in [4.69, 9.17) is 0 Å². The highest BCUT2D eigenvalue weighted by molar-refractivity contribution is 6.13. The molecule has 0 saturated heterocycles. The van der Waals surface area contributed by atoms with Crippen molar-refractivity contribution in [1.29, 1.82) is 0 Å². The van der Waals surface area contributed by atoms with Crippen LogP contribution in [0, 0.1) is 6.92 Å². The van der Waals surface area contributed by atoms with Gasteiger partial charge in [0.1, 0.15) is 0 Å². The number of imide groups is 1. The second-order valence-electron chi connectivity index (χ2n) is 5.12. The van der Waals surface area contributed by atoms with E-state index in [9.17, 15) is 9.59 Å². The molecule has 1 aromatic carbocycles. The Hall–Kier alpha value is -1.84. The lowest BCUT2D eigenvalue weighted by Gasteiger charge is -2.22. The third-order valence-electron chi connectivity index (χ3n) is 3.46. The summed E-state index contributed by atoms with van der Waals surface area (Å²) in [5.41, 5.74) is 1.65. The Labute approximate surface area is 113 Å². The Morgan fingerprint density at radius 3 is 2.53 bits per heavy atom. The summed E-state index contributed by atoms with van der Waals surface area (Å²) in [5, 5.41) is 2.94. The van der Waals surface area contributed by atoms with Crippen LogP contribution < -0.4 is 10.2 Å². The van der Waals surface area contributed by atoms with Crippen LogP contribution in [0.2, 0.25) is 0 Å². The summed E-state index contributed by atoms with van der Waals surface area (Å²) in [6.45, 7) is 3.35. The normalized spacial score (nSPS) is 15.3. The first-order valence-electron chi connectivity index (χ1n) is 6.76. The number of carbonyl (C=O) groups excluding carboxylic acids is 2. The lowest BCUT2D eigenvalue weighted by atomic mass is 10.2. The van der Waals surface area contributed by atoms with Gasteiger partial charge in [0.2, 0.25) is 5.91 Å². The Kier molecular flexibility index (Phi) is 4.20. The number of anilines is 1. The van der Waals surface area contributed by atoms with Gasteiger partial charge in [-0.25, -0.2) is 9.69 Å². The van der Waals surface area contributed by atoms with E-state index in [-0.39, 0.29) is 18.0 Å². The summed E-state index contributed by atoms with van der Waals surface area (Å²) in [4.78, 5) is 25.2. The standard InChI is InChI=1S/C15H20N2O2/c1-11-6-5-9-14(10-11)17(12(2)18)15(19)16-13-7-3-4-8-13/h5-6,9-10,13H,3-4,7-8H2,1-2H3,(H,16,19). The van der Waals surface area contributed by atoms with Crippen molar-refractivity contribution in [3.05, 3.63) is 29.8 Å². The van der Waals surface area contributed by atoms with Gasteiger partial charge in [-0.1, -0.05) is 25.0 Å². The molecule has 0 heterocycles. The maximum Gasteiger partial charge on any atom is 0.328 e. The van der Waals surface area contributed by atoms with E-state index < -0.39 is 0 Å². The van der Waals surface area contributed by atoms with Gasteiger partial charge in [0.05, 0.1) is 5.69 Å². The van der Waals surface area contributed by atoms with Gasteiger partial charge in [0.15, 0.2) is 0 Å². The Morgan fingerprint density at radius 1 is 1.26 bits per heavy atom. The first kappa shape index (κ1) is 13.6. The van der Waals surface area contributed by atoms with Crippen molar-refractivity contribution in [1.82, 2.24) is 5.32 Å². The Morgan fingerprint density at radius 2 is 1.95 bits per heavy atom. The second-order valence-corrected chi connectivity index (χ2v) is 5.12. The first-order valence-corrected chi connectivity index (χ1v) is 6.76. The summed E-state index contributed by atoms with van der Waals surface area (Å²) in [6.07, 6.45) is 4.31. The topological polar surface area (TPSA) is 49.4 Å². The molecule has 19 heavy (non-hydrogen) atoms. The molecule has 0 atom stereocenters. The van der Waals surface area contributed by atoms with E-state index in [1.807, 2.05) is 25.1 Å². The molecule has 0 spiro atoms. The smallest absolute Gasteiger partial charge is 0.328 e. The molecule has 0 aromatic heterocycles. The summed E-state index contributed by atoms with van der Waals surface area (Å²) in [6, 6.07) is 7.31. The summed E-state index contributed by atoms with van der Waals surface area (Å²) in [7, 11) is 0. The average molecular weight is 260 g/mol. The van der Waals surface area contributed by atoms with E-state index >= 15 is 0 Å². The quantitative estimate of drug-likeness (QED) is 0.888. The fraction of sp³-hybridized carbons (Fsp3) is 0.467. The lowest BCUT2D eigenvalue weighted by Crippen LogP contribution is -2.46. The molecular weight excluding hydrogens is 240 g/mol. The lowest BCUT2D eigenvalue weighted by molar-refractivity contribution is -0.115. The number of nitrogens with zero attached hydrogens (tertiary/aromatic N) is 1. The van der Waals surface area contributed by atoms with Gasteiger partial charge in [-0.15, -0.1) is 0 Å². The third-order valence-corrected chi connectivity index (χ3v) is 3.46. The van der Waals surface area contributed by atoms with Gasteiger partial charge in [0, 0.05) is 13.0 Å². The van der Waals surface area contributed by atoms with Gasteiger partial charge in [-0.2, -0.15) is 0 Å². The van der Waals surface area contributed by atoms with Crippen molar-refractivity contribution < 1.29 is 9.59 Å². The molecule has 1 aromatic rings. The van der Waals surface area contributed by atoms with Gasteiger partial charge < -0.3 is 5.32 Å². The van der Waals surface area contributed by atoms with Crippen molar-refractivity contribution in [3.8, 4) is 0 Å². The largest absolute Gasteiger partial charge is 0.335 e. The molecule has 1 N–H and O–H groups in total. The van der Waals surface area contributed by atoms with Crippen molar-refractivity contribution in [2.24, 2.45) is 0 Å². The number of nitrogens with one attached hydrogen (secondary N) is 1. The highest BCUT2D eigenvalue weighted by Gasteiger charge is 2.24. The van der Waals surface area contributed by atoms with E-state index in [2.05, 4.69) is 5.32 Å². The molecule has 4 nitrogen and oxygen atoms in total. The maximum atomic E-state index is 12.2. The first-order chi connectivity index (χ1) is 9.08.